The van der Waals surface area contributed by atoms with Crippen LogP contribution in [0, 0.1) is 0 Å². The summed E-state index contributed by atoms with van der Waals surface area (Å²) >= 11 is 0. The largest absolute Gasteiger partial charge is 0.493 e. The van der Waals surface area contributed by atoms with E-state index in [1.165, 1.54) is 12.5 Å². The number of nitrogens with one attached hydrogen (secondary N) is 2. The molecule has 0 bridgehead atoms. The molecule has 21 heavy (non-hydrogen) atoms. The lowest BCUT2D eigenvalue weighted by Crippen LogP contribution is -2.20. The van der Waals surface area contributed by atoms with E-state index < -0.39 is 0 Å². The molecule has 1 aliphatic rings. The Hall–Kier alpha value is -2.49. The fourth-order valence-electron chi connectivity index (χ4n) is 2.58. The zero-order valence-electron chi connectivity index (χ0n) is 11.9. The zero-order chi connectivity index (χ0) is 14.7. The van der Waals surface area contributed by atoms with Gasteiger partial charge in [-0.15, -0.1) is 0 Å². The van der Waals surface area contributed by atoms with Crippen molar-refractivity contribution in [1.82, 2.24) is 0 Å². The highest BCUT2D eigenvalue weighted by molar-refractivity contribution is 5.89. The Morgan fingerprint density at radius 1 is 1.14 bits per heavy atom. The third-order valence-corrected chi connectivity index (χ3v) is 3.48. The number of amides is 1. The summed E-state index contributed by atoms with van der Waals surface area (Å²) < 4.78 is 5.67. The summed E-state index contributed by atoms with van der Waals surface area (Å²) in [6.07, 6.45) is 0.918. The Bertz CT molecular complexity index is 655. The van der Waals surface area contributed by atoms with Crippen molar-refractivity contribution < 1.29 is 9.53 Å². The minimum Gasteiger partial charge on any atom is -0.493 e. The highest BCUT2D eigenvalue weighted by Crippen LogP contribution is 2.34. The average molecular weight is 282 g/mol. The van der Waals surface area contributed by atoms with E-state index >= 15 is 0 Å². The van der Waals surface area contributed by atoms with Crippen LogP contribution in [0.3, 0.4) is 0 Å². The Morgan fingerprint density at radius 2 is 1.95 bits per heavy atom. The van der Waals surface area contributed by atoms with Crippen LogP contribution < -0.4 is 15.4 Å². The van der Waals surface area contributed by atoms with E-state index in [-0.39, 0.29) is 11.9 Å². The van der Waals surface area contributed by atoms with Gasteiger partial charge >= 0.3 is 0 Å². The molecule has 0 aliphatic carbocycles. The summed E-state index contributed by atoms with van der Waals surface area (Å²) in [5.74, 6) is 0.878. The number of para-hydroxylation sites is 1. The Morgan fingerprint density at radius 3 is 2.81 bits per heavy atom. The van der Waals surface area contributed by atoms with Crippen molar-refractivity contribution >= 4 is 17.3 Å². The molecule has 2 aromatic carbocycles. The molecule has 0 saturated heterocycles. The van der Waals surface area contributed by atoms with Crippen LogP contribution in [0.2, 0.25) is 0 Å². The molecule has 1 atom stereocenters. The molecule has 4 heteroatoms. The fourth-order valence-corrected chi connectivity index (χ4v) is 2.58. The van der Waals surface area contributed by atoms with Crippen LogP contribution in [0.5, 0.6) is 5.75 Å². The molecule has 0 aromatic heterocycles. The number of rotatable bonds is 3. The van der Waals surface area contributed by atoms with Crippen LogP contribution in [-0.4, -0.2) is 12.5 Å². The summed E-state index contributed by atoms with van der Waals surface area (Å²) in [6.45, 7) is 2.22. The van der Waals surface area contributed by atoms with Gasteiger partial charge in [0.1, 0.15) is 5.75 Å². The summed E-state index contributed by atoms with van der Waals surface area (Å²) in [7, 11) is 0. The second kappa shape index (κ2) is 5.87. The summed E-state index contributed by atoms with van der Waals surface area (Å²) in [5.41, 5.74) is 2.96. The molecule has 1 unspecified atom stereocenters. The minimum atomic E-state index is -0.0661. The lowest BCUT2D eigenvalue weighted by atomic mass is 10.0. The van der Waals surface area contributed by atoms with Crippen molar-refractivity contribution in [2.24, 2.45) is 0 Å². The number of carbonyl (C=O) groups is 1. The quantitative estimate of drug-likeness (QED) is 0.904. The lowest BCUT2D eigenvalue weighted by molar-refractivity contribution is -0.114. The van der Waals surface area contributed by atoms with Crippen molar-refractivity contribution in [2.45, 2.75) is 19.4 Å². The van der Waals surface area contributed by atoms with Crippen molar-refractivity contribution in [3.8, 4) is 5.75 Å². The molecule has 0 fully saturated rings. The van der Waals surface area contributed by atoms with Gasteiger partial charge in [0, 0.05) is 30.3 Å². The van der Waals surface area contributed by atoms with E-state index in [0.29, 0.717) is 6.61 Å². The molecule has 4 nitrogen and oxygen atoms in total. The number of ether oxygens (including phenoxy) is 1. The van der Waals surface area contributed by atoms with Crippen LogP contribution >= 0.6 is 0 Å². The molecule has 0 radical (unpaired) electrons. The first-order chi connectivity index (χ1) is 10.2. The first-order valence-electron chi connectivity index (χ1n) is 7.08. The van der Waals surface area contributed by atoms with Crippen molar-refractivity contribution in [1.29, 1.82) is 0 Å². The van der Waals surface area contributed by atoms with Gasteiger partial charge in [0.25, 0.3) is 0 Å². The van der Waals surface area contributed by atoms with Crippen LogP contribution in [0.1, 0.15) is 24.9 Å². The Labute approximate surface area is 124 Å². The van der Waals surface area contributed by atoms with E-state index in [1.54, 1.807) is 0 Å². The second-order valence-corrected chi connectivity index (χ2v) is 5.13. The number of carbonyl (C=O) groups excluding carboxylic acids is 1. The maximum absolute atomic E-state index is 11.1. The Kier molecular flexibility index (Phi) is 3.77. The predicted molar refractivity (Wildman–Crippen MR) is 83.7 cm³/mol. The Balaban J connectivity index is 1.80. The molecule has 2 N–H and O–H groups in total. The van der Waals surface area contributed by atoms with Crippen LogP contribution in [0.15, 0.2) is 48.5 Å². The third-order valence-electron chi connectivity index (χ3n) is 3.48. The van der Waals surface area contributed by atoms with Crippen molar-refractivity contribution in [2.75, 3.05) is 17.2 Å². The molecular formula is C17H18N2O2. The van der Waals surface area contributed by atoms with Crippen molar-refractivity contribution in [3.63, 3.8) is 0 Å². The van der Waals surface area contributed by atoms with E-state index in [1.807, 2.05) is 42.5 Å². The minimum absolute atomic E-state index is 0.0661. The van der Waals surface area contributed by atoms with Gasteiger partial charge in [-0.25, -0.2) is 0 Å². The van der Waals surface area contributed by atoms with Gasteiger partial charge in [0.05, 0.1) is 12.6 Å². The average Bonchev–Trinajstić information content (AvgIpc) is 2.47. The molecule has 3 rings (SSSR count). The van der Waals surface area contributed by atoms with Gasteiger partial charge in [-0.3, -0.25) is 4.79 Å². The van der Waals surface area contributed by atoms with Gasteiger partial charge in [-0.1, -0.05) is 24.3 Å². The summed E-state index contributed by atoms with van der Waals surface area (Å²) in [6, 6.07) is 16.1. The first kappa shape index (κ1) is 13.5. The standard InChI is InChI=1S/C17H18N2O2/c1-12(20)18-13-5-4-6-14(11-13)19-16-9-10-21-17-8-3-2-7-15(16)17/h2-8,11,16,19H,9-10H2,1H3,(H,18,20). The highest BCUT2D eigenvalue weighted by atomic mass is 16.5. The summed E-state index contributed by atoms with van der Waals surface area (Å²) in [4.78, 5) is 11.1. The third kappa shape index (κ3) is 3.16. The molecular weight excluding hydrogens is 264 g/mol. The summed E-state index contributed by atoms with van der Waals surface area (Å²) in [5, 5.41) is 6.32. The molecule has 1 heterocycles. The van der Waals surface area contributed by atoms with Gasteiger partial charge < -0.3 is 15.4 Å². The van der Waals surface area contributed by atoms with E-state index in [4.69, 9.17) is 4.74 Å². The number of benzene rings is 2. The SMILES string of the molecule is CC(=O)Nc1cccc(NC2CCOc3ccccc32)c1. The van der Waals surface area contributed by atoms with Crippen LogP contribution in [-0.2, 0) is 4.79 Å². The predicted octanol–water partition coefficient (Wildman–Crippen LogP) is 3.58. The maximum Gasteiger partial charge on any atom is 0.221 e. The smallest absolute Gasteiger partial charge is 0.221 e. The van der Waals surface area contributed by atoms with Crippen LogP contribution in [0.25, 0.3) is 0 Å². The monoisotopic (exact) mass is 282 g/mol. The lowest BCUT2D eigenvalue weighted by Gasteiger charge is -2.27. The molecule has 1 aliphatic heterocycles. The normalized spacial score (nSPS) is 16.5. The molecule has 0 spiro atoms. The number of anilines is 2. The molecule has 0 saturated carbocycles. The van der Waals surface area contributed by atoms with Crippen LogP contribution in [0.4, 0.5) is 11.4 Å². The first-order valence-corrected chi connectivity index (χ1v) is 7.08. The van der Waals surface area contributed by atoms with E-state index in [0.717, 1.165) is 23.5 Å². The highest BCUT2D eigenvalue weighted by Gasteiger charge is 2.20. The molecule has 108 valence electrons. The number of fused-ring (bicyclic) bond motifs is 1. The number of hydrogen-bond donors (Lipinski definition) is 2. The van der Waals surface area contributed by atoms with Gasteiger partial charge in [-0.05, 0) is 24.3 Å². The van der Waals surface area contributed by atoms with Gasteiger partial charge in [-0.2, -0.15) is 0 Å². The zero-order valence-corrected chi connectivity index (χ0v) is 11.9. The topological polar surface area (TPSA) is 50.4 Å². The van der Waals surface area contributed by atoms with Gasteiger partial charge in [0.2, 0.25) is 5.91 Å². The number of hydrogen-bond acceptors (Lipinski definition) is 3. The van der Waals surface area contributed by atoms with Gasteiger partial charge in [0.15, 0.2) is 0 Å². The van der Waals surface area contributed by atoms with E-state index in [2.05, 4.69) is 16.7 Å². The molecule has 2 aromatic rings. The second-order valence-electron chi connectivity index (χ2n) is 5.13. The van der Waals surface area contributed by atoms with E-state index in [9.17, 15) is 4.79 Å². The van der Waals surface area contributed by atoms with Crippen molar-refractivity contribution in [3.05, 3.63) is 54.1 Å². The maximum atomic E-state index is 11.1. The molecule has 1 amide bonds. The fraction of sp³-hybridized carbons (Fsp3) is 0.235.